The second-order valence-corrected chi connectivity index (χ2v) is 15.1. The fraction of sp³-hybridized carbons (Fsp3) is 0. The summed E-state index contributed by atoms with van der Waals surface area (Å²) < 4.78 is 4.77. The smallest absolute Gasteiger partial charge is 0.195 e. The normalized spacial score (nSPS) is 11.3. The second kappa shape index (κ2) is 14.2. The fourth-order valence-electron chi connectivity index (χ4n) is 9.16. The van der Waals surface area contributed by atoms with E-state index in [2.05, 4.69) is 160 Å². The largest absolute Gasteiger partial charge is 0.309 e. The summed E-state index contributed by atoms with van der Waals surface area (Å²) in [7, 11) is 0. The number of benzene rings is 9. The lowest BCUT2D eigenvalue weighted by molar-refractivity contribution is 1.17. The van der Waals surface area contributed by atoms with Gasteiger partial charge in [-0.3, -0.25) is 0 Å². The predicted molar refractivity (Wildman–Crippen MR) is 248 cm³/mol. The molecular weight excluding hydrogens is 729 g/mol. The summed E-state index contributed by atoms with van der Waals surface area (Å²) >= 11 is 0. The van der Waals surface area contributed by atoms with Gasteiger partial charge in [-0.1, -0.05) is 152 Å². The maximum Gasteiger partial charge on any atom is 0.195 e. The molecule has 4 nitrogen and oxygen atoms in total. The molecule has 11 aromatic rings. The van der Waals surface area contributed by atoms with Gasteiger partial charge in [0.05, 0.1) is 34.2 Å². The summed E-state index contributed by atoms with van der Waals surface area (Å²) in [5.41, 5.74) is 15.1. The molecule has 0 atom stereocenters. The van der Waals surface area contributed by atoms with Crippen molar-refractivity contribution in [2.45, 2.75) is 0 Å². The lowest BCUT2D eigenvalue weighted by atomic mass is 9.88. The van der Waals surface area contributed by atoms with Gasteiger partial charge in [-0.2, -0.15) is 5.26 Å². The van der Waals surface area contributed by atoms with Crippen LogP contribution in [0, 0.1) is 17.9 Å². The average molecular weight is 763 g/mol. The predicted octanol–water partition coefficient (Wildman–Crippen LogP) is 15.0. The molecular formula is C56H34N4. The van der Waals surface area contributed by atoms with Gasteiger partial charge in [0.15, 0.2) is 5.69 Å². The van der Waals surface area contributed by atoms with Crippen molar-refractivity contribution >= 4 is 49.3 Å². The van der Waals surface area contributed by atoms with Crippen molar-refractivity contribution in [3.05, 3.63) is 223 Å². The summed E-state index contributed by atoms with van der Waals surface area (Å²) in [6.45, 7) is 8.61. The Kier molecular flexibility index (Phi) is 8.22. The quantitative estimate of drug-likeness (QED) is 0.155. The van der Waals surface area contributed by atoms with Gasteiger partial charge in [0.2, 0.25) is 0 Å². The first-order valence-electron chi connectivity index (χ1n) is 20.0. The van der Waals surface area contributed by atoms with E-state index in [-0.39, 0.29) is 0 Å². The first-order valence-corrected chi connectivity index (χ1v) is 20.0. The van der Waals surface area contributed by atoms with Crippen molar-refractivity contribution in [2.75, 3.05) is 0 Å². The van der Waals surface area contributed by atoms with Crippen molar-refractivity contribution < 1.29 is 0 Å². The number of aromatic nitrogens is 2. The van der Waals surface area contributed by atoms with Gasteiger partial charge in [-0.25, -0.2) is 4.85 Å². The van der Waals surface area contributed by atoms with Crippen LogP contribution in [0.25, 0.3) is 104 Å². The number of para-hydroxylation sites is 4. The Labute approximate surface area is 347 Å². The van der Waals surface area contributed by atoms with Crippen molar-refractivity contribution in [3.8, 4) is 62.0 Å². The number of fused-ring (bicyclic) bond motifs is 7. The van der Waals surface area contributed by atoms with E-state index < -0.39 is 0 Å². The molecule has 0 bridgehead atoms. The number of nitrogens with zero attached hydrogens (tertiary/aromatic N) is 4. The highest BCUT2D eigenvalue weighted by atomic mass is 15.0. The Hall–Kier alpha value is -8.44. The van der Waals surface area contributed by atoms with Gasteiger partial charge in [0.1, 0.15) is 6.07 Å². The van der Waals surface area contributed by atoms with E-state index >= 15 is 0 Å². The molecule has 0 unspecified atom stereocenters. The van der Waals surface area contributed by atoms with Crippen LogP contribution in [0.5, 0.6) is 0 Å². The van der Waals surface area contributed by atoms with Crippen LogP contribution < -0.4 is 0 Å². The zero-order valence-corrected chi connectivity index (χ0v) is 32.4. The summed E-state index contributed by atoms with van der Waals surface area (Å²) in [5.74, 6) is 0. The van der Waals surface area contributed by atoms with Gasteiger partial charge in [-0.05, 0) is 88.0 Å². The third kappa shape index (κ3) is 5.44. The van der Waals surface area contributed by atoms with Crippen molar-refractivity contribution in [1.29, 1.82) is 5.26 Å². The lowest BCUT2D eigenvalue weighted by Gasteiger charge is -2.16. The second-order valence-electron chi connectivity index (χ2n) is 15.1. The third-order valence-corrected chi connectivity index (χ3v) is 11.8. The molecule has 0 fully saturated rings. The molecule has 0 saturated carbocycles. The van der Waals surface area contributed by atoms with Crippen molar-refractivity contribution in [1.82, 2.24) is 9.13 Å². The number of hydrogen-bond donors (Lipinski definition) is 0. The summed E-state index contributed by atoms with van der Waals surface area (Å²) in [6, 6.07) is 73.9. The molecule has 11 rings (SSSR count). The highest BCUT2D eigenvalue weighted by Crippen LogP contribution is 2.47. The van der Waals surface area contributed by atoms with E-state index in [1.807, 2.05) is 66.7 Å². The van der Waals surface area contributed by atoms with Crippen LogP contribution in [-0.4, -0.2) is 9.13 Å². The maximum absolute atomic E-state index is 10.5. The number of rotatable bonds is 6. The van der Waals surface area contributed by atoms with E-state index in [0.717, 1.165) is 88.7 Å². The van der Waals surface area contributed by atoms with Gasteiger partial charge in [-0.15, -0.1) is 0 Å². The minimum absolute atomic E-state index is 0.556. The molecule has 0 saturated heterocycles. The van der Waals surface area contributed by atoms with E-state index in [1.165, 1.54) is 10.8 Å². The minimum Gasteiger partial charge on any atom is -0.309 e. The molecule has 278 valence electrons. The Bertz CT molecular complexity index is 3470. The number of nitriles is 1. The van der Waals surface area contributed by atoms with Gasteiger partial charge in [0, 0.05) is 44.0 Å². The van der Waals surface area contributed by atoms with Crippen LogP contribution in [0.1, 0.15) is 5.56 Å². The zero-order valence-electron chi connectivity index (χ0n) is 32.4. The van der Waals surface area contributed by atoms with Crippen LogP contribution in [0.2, 0.25) is 0 Å². The summed E-state index contributed by atoms with van der Waals surface area (Å²) in [4.78, 5) is 4.21. The van der Waals surface area contributed by atoms with Crippen molar-refractivity contribution in [3.63, 3.8) is 0 Å². The Morgan fingerprint density at radius 2 is 0.967 bits per heavy atom. The molecule has 2 aromatic heterocycles. The first kappa shape index (κ1) is 34.8. The van der Waals surface area contributed by atoms with Crippen LogP contribution >= 0.6 is 0 Å². The monoisotopic (exact) mass is 762 g/mol. The van der Waals surface area contributed by atoms with Gasteiger partial charge >= 0.3 is 0 Å². The Morgan fingerprint density at radius 1 is 0.400 bits per heavy atom. The molecule has 0 aliphatic carbocycles. The van der Waals surface area contributed by atoms with E-state index in [1.54, 1.807) is 0 Å². The maximum atomic E-state index is 10.5. The minimum atomic E-state index is 0.556. The third-order valence-electron chi connectivity index (χ3n) is 11.8. The molecule has 2 heterocycles. The molecule has 4 heteroatoms. The summed E-state index contributed by atoms with van der Waals surface area (Å²) in [5, 5.41) is 15.2. The highest BCUT2D eigenvalue weighted by molar-refractivity contribution is 6.27. The van der Waals surface area contributed by atoms with Gasteiger partial charge < -0.3 is 9.13 Å². The molecule has 9 aromatic carbocycles. The molecule has 0 radical (unpaired) electrons. The van der Waals surface area contributed by atoms with E-state index in [4.69, 9.17) is 6.57 Å². The van der Waals surface area contributed by atoms with Crippen LogP contribution in [0.4, 0.5) is 5.69 Å². The molecule has 0 amide bonds. The zero-order chi connectivity index (χ0) is 40.2. The number of hydrogen-bond acceptors (Lipinski definition) is 1. The summed E-state index contributed by atoms with van der Waals surface area (Å²) in [6.07, 6.45) is 0. The molecule has 60 heavy (non-hydrogen) atoms. The SMILES string of the molecule is [C-]#[N+]c1cc(-c2cc(-c3ccccc3)c(C#N)c(-c3ccccc3)c2)ccc1-c1cccc2c3c(ccc4c5ccccc5n(-c5ccccc5)c43)n(-c3ccccc3)c12. The fourth-order valence-corrected chi connectivity index (χ4v) is 9.16. The molecule has 0 N–H and O–H groups in total. The Morgan fingerprint density at radius 3 is 1.58 bits per heavy atom. The van der Waals surface area contributed by atoms with Crippen LogP contribution in [0.3, 0.4) is 0 Å². The first-order chi connectivity index (χ1) is 29.7. The molecule has 0 aliphatic heterocycles. The highest BCUT2D eigenvalue weighted by Gasteiger charge is 2.24. The van der Waals surface area contributed by atoms with Crippen LogP contribution in [-0.2, 0) is 0 Å². The molecule has 0 aliphatic rings. The standard InChI is InChI=1S/C56H34N4/c1-58-51-35-39(40-33-48(37-17-6-2-7-18-37)50(36-57)49(34-40)38-19-8-3-9-20-38)29-30-43(51)45-26-16-27-47-54-53(60(55(45)47)42-23-12-5-13-24-42)32-31-46-44-25-14-15-28-52(44)59(56(46)54)41-21-10-4-11-22-41/h2-35H. The average Bonchev–Trinajstić information content (AvgIpc) is 3.85. The van der Waals surface area contributed by atoms with Gasteiger partial charge in [0.25, 0.3) is 0 Å². The van der Waals surface area contributed by atoms with Crippen LogP contribution in [0.15, 0.2) is 206 Å². The lowest BCUT2D eigenvalue weighted by Crippen LogP contribution is -1.96. The van der Waals surface area contributed by atoms with E-state index in [0.29, 0.717) is 11.3 Å². The topological polar surface area (TPSA) is 38.0 Å². The Balaban J connectivity index is 1.18. The van der Waals surface area contributed by atoms with E-state index in [9.17, 15) is 5.26 Å². The molecule has 0 spiro atoms. The van der Waals surface area contributed by atoms with Crippen molar-refractivity contribution in [2.24, 2.45) is 0 Å².